The van der Waals surface area contributed by atoms with Gasteiger partial charge in [0.1, 0.15) is 6.04 Å². The first-order chi connectivity index (χ1) is 9.27. The quantitative estimate of drug-likeness (QED) is 0.807. The topological polar surface area (TPSA) is 61.4 Å². The van der Waals surface area contributed by atoms with E-state index in [1.165, 1.54) is 6.42 Å². The van der Waals surface area contributed by atoms with Gasteiger partial charge in [-0.3, -0.25) is 9.59 Å². The number of hydrogen-bond donors (Lipinski definition) is 2. The van der Waals surface area contributed by atoms with E-state index in [1.54, 1.807) is 6.92 Å². The van der Waals surface area contributed by atoms with Crippen LogP contribution in [0.2, 0.25) is 0 Å². The second-order valence-corrected chi connectivity index (χ2v) is 7.16. The summed E-state index contributed by atoms with van der Waals surface area (Å²) >= 11 is 0. The lowest BCUT2D eigenvalue weighted by atomic mass is 9.95. The summed E-state index contributed by atoms with van der Waals surface area (Å²) < 4.78 is 0. The number of fused-ring (bicyclic) bond motifs is 2. The van der Waals surface area contributed by atoms with Crippen molar-refractivity contribution in [3.63, 3.8) is 0 Å². The number of hydrogen-bond acceptors (Lipinski definition) is 3. The maximum absolute atomic E-state index is 12.5. The molecule has 2 amide bonds. The predicted octanol–water partition coefficient (Wildman–Crippen LogP) is 1.31. The predicted molar refractivity (Wildman–Crippen MR) is 85.5 cm³/mol. The van der Waals surface area contributed by atoms with Crippen molar-refractivity contribution in [2.75, 3.05) is 13.1 Å². The van der Waals surface area contributed by atoms with Crippen LogP contribution in [0.1, 0.15) is 47.0 Å². The largest absolute Gasteiger partial charge is 0.344 e. The van der Waals surface area contributed by atoms with E-state index in [4.69, 9.17) is 0 Å². The summed E-state index contributed by atoms with van der Waals surface area (Å²) in [6, 6.07) is 0.549. The number of likely N-dealkylation sites (tertiary alicyclic amines) is 1. The first kappa shape index (κ1) is 18.2. The molecule has 2 fully saturated rings. The van der Waals surface area contributed by atoms with Crippen molar-refractivity contribution in [3.8, 4) is 0 Å². The summed E-state index contributed by atoms with van der Waals surface area (Å²) in [7, 11) is 0. The van der Waals surface area contributed by atoms with Crippen molar-refractivity contribution in [1.82, 2.24) is 15.5 Å². The van der Waals surface area contributed by atoms with E-state index in [2.05, 4.69) is 10.6 Å². The number of nitrogens with one attached hydrogen (secondary N) is 2. The summed E-state index contributed by atoms with van der Waals surface area (Å²) in [5.41, 5.74) is -0.464. The van der Waals surface area contributed by atoms with Gasteiger partial charge in [-0.1, -0.05) is 20.8 Å². The van der Waals surface area contributed by atoms with Crippen molar-refractivity contribution >= 4 is 24.2 Å². The number of amides is 2. The van der Waals surface area contributed by atoms with Gasteiger partial charge in [0.15, 0.2) is 0 Å². The maximum atomic E-state index is 12.5. The minimum Gasteiger partial charge on any atom is -0.344 e. The maximum Gasteiger partial charge on any atom is 0.244 e. The van der Waals surface area contributed by atoms with E-state index in [1.807, 2.05) is 25.7 Å². The van der Waals surface area contributed by atoms with Crippen LogP contribution in [0.4, 0.5) is 0 Å². The average Bonchev–Trinajstić information content (AvgIpc) is 2.67. The van der Waals surface area contributed by atoms with Crippen LogP contribution in [0.15, 0.2) is 0 Å². The molecule has 0 aromatic heterocycles. The van der Waals surface area contributed by atoms with Crippen LogP contribution >= 0.6 is 12.4 Å². The van der Waals surface area contributed by atoms with Gasteiger partial charge in [-0.2, -0.15) is 0 Å². The molecule has 0 aliphatic carbocycles. The Hall–Kier alpha value is -0.810. The lowest BCUT2D eigenvalue weighted by molar-refractivity contribution is -0.138. The molecule has 2 N–H and O–H groups in total. The third-order valence-corrected chi connectivity index (χ3v) is 4.23. The molecular weight excluding hydrogens is 290 g/mol. The summed E-state index contributed by atoms with van der Waals surface area (Å²) in [5, 5.41) is 6.39. The van der Waals surface area contributed by atoms with Gasteiger partial charge in [0, 0.05) is 30.6 Å². The molecule has 3 unspecified atom stereocenters. The van der Waals surface area contributed by atoms with E-state index < -0.39 is 11.5 Å². The lowest BCUT2D eigenvalue weighted by Gasteiger charge is -2.29. The number of nitrogens with zero attached hydrogens (tertiary/aromatic N) is 1. The molecular formula is C15H28ClN3O2. The van der Waals surface area contributed by atoms with Crippen LogP contribution in [0.5, 0.6) is 0 Å². The van der Waals surface area contributed by atoms with Crippen molar-refractivity contribution in [2.45, 2.75) is 65.1 Å². The molecule has 6 heteroatoms. The van der Waals surface area contributed by atoms with Crippen molar-refractivity contribution in [2.24, 2.45) is 5.41 Å². The van der Waals surface area contributed by atoms with Crippen LogP contribution in [-0.2, 0) is 9.59 Å². The zero-order chi connectivity index (χ0) is 14.9. The van der Waals surface area contributed by atoms with E-state index >= 15 is 0 Å². The Balaban J connectivity index is 0.00000220. The molecule has 2 aliphatic heterocycles. The highest BCUT2D eigenvalue weighted by molar-refractivity contribution is 5.89. The van der Waals surface area contributed by atoms with E-state index in [0.717, 1.165) is 25.9 Å². The standard InChI is InChI=1S/C15H27N3O2.ClH/c1-10(16-14(20)15(2,3)4)13(19)18-8-7-11-5-6-12(9-18)17-11;/h10-12,17H,5-9H2,1-4H3,(H,16,20);1H. The Labute approximate surface area is 133 Å². The molecule has 0 spiro atoms. The molecule has 0 radical (unpaired) electrons. The highest BCUT2D eigenvalue weighted by Gasteiger charge is 2.33. The second-order valence-electron chi connectivity index (χ2n) is 7.16. The molecule has 2 saturated heterocycles. The van der Waals surface area contributed by atoms with Crippen molar-refractivity contribution in [1.29, 1.82) is 0 Å². The van der Waals surface area contributed by atoms with Crippen LogP contribution in [0, 0.1) is 5.41 Å². The summed E-state index contributed by atoms with van der Waals surface area (Å²) in [5.74, 6) is -0.0373. The zero-order valence-corrected chi connectivity index (χ0v) is 14.3. The number of carbonyl (C=O) groups excluding carboxylic acids is 2. The first-order valence-corrected chi connectivity index (χ1v) is 7.63. The smallest absolute Gasteiger partial charge is 0.244 e. The molecule has 2 bridgehead atoms. The normalized spacial score (nSPS) is 26.6. The number of rotatable bonds is 2. The van der Waals surface area contributed by atoms with Gasteiger partial charge in [-0.15, -0.1) is 12.4 Å². The molecule has 3 atom stereocenters. The molecule has 0 aromatic carbocycles. The van der Waals surface area contributed by atoms with Crippen LogP contribution < -0.4 is 10.6 Å². The molecule has 5 nitrogen and oxygen atoms in total. The van der Waals surface area contributed by atoms with Gasteiger partial charge in [-0.25, -0.2) is 0 Å². The Morgan fingerprint density at radius 1 is 1.19 bits per heavy atom. The van der Waals surface area contributed by atoms with Crippen molar-refractivity contribution in [3.05, 3.63) is 0 Å². The molecule has 0 saturated carbocycles. The Morgan fingerprint density at radius 3 is 2.43 bits per heavy atom. The number of halogens is 1. The van der Waals surface area contributed by atoms with E-state index in [9.17, 15) is 9.59 Å². The fraction of sp³-hybridized carbons (Fsp3) is 0.867. The Bertz CT molecular complexity index is 395. The molecule has 2 aliphatic rings. The van der Waals surface area contributed by atoms with Gasteiger partial charge in [0.2, 0.25) is 11.8 Å². The second kappa shape index (κ2) is 6.97. The van der Waals surface area contributed by atoms with Gasteiger partial charge in [0.25, 0.3) is 0 Å². The fourth-order valence-corrected chi connectivity index (χ4v) is 2.89. The minimum atomic E-state index is -0.464. The van der Waals surface area contributed by atoms with Crippen LogP contribution in [0.3, 0.4) is 0 Å². The molecule has 122 valence electrons. The Morgan fingerprint density at radius 2 is 1.81 bits per heavy atom. The molecule has 21 heavy (non-hydrogen) atoms. The van der Waals surface area contributed by atoms with E-state index in [0.29, 0.717) is 12.1 Å². The Kier molecular flexibility index (Phi) is 6.05. The third kappa shape index (κ3) is 4.58. The SMILES string of the molecule is CC(NC(=O)C(C)(C)C)C(=O)N1CCC2CCC(C1)N2.Cl. The lowest BCUT2D eigenvalue weighted by Crippen LogP contribution is -2.51. The van der Waals surface area contributed by atoms with Gasteiger partial charge in [0.05, 0.1) is 0 Å². The molecule has 2 rings (SSSR count). The first-order valence-electron chi connectivity index (χ1n) is 7.63. The zero-order valence-electron chi connectivity index (χ0n) is 13.4. The summed E-state index contributed by atoms with van der Waals surface area (Å²) in [4.78, 5) is 26.3. The number of carbonyl (C=O) groups is 2. The van der Waals surface area contributed by atoms with Crippen LogP contribution in [0.25, 0.3) is 0 Å². The highest BCUT2D eigenvalue weighted by atomic mass is 35.5. The average molecular weight is 318 g/mol. The van der Waals surface area contributed by atoms with Gasteiger partial charge >= 0.3 is 0 Å². The monoisotopic (exact) mass is 317 g/mol. The van der Waals surface area contributed by atoms with Crippen molar-refractivity contribution < 1.29 is 9.59 Å². The fourth-order valence-electron chi connectivity index (χ4n) is 2.89. The summed E-state index contributed by atoms with van der Waals surface area (Å²) in [6.07, 6.45) is 3.39. The van der Waals surface area contributed by atoms with Crippen LogP contribution in [-0.4, -0.2) is 47.9 Å². The molecule has 2 heterocycles. The molecule has 0 aromatic rings. The minimum absolute atomic E-state index is 0. The third-order valence-electron chi connectivity index (χ3n) is 4.23. The summed E-state index contributed by atoms with van der Waals surface area (Å²) in [6.45, 7) is 8.91. The highest BCUT2D eigenvalue weighted by Crippen LogP contribution is 2.21. The van der Waals surface area contributed by atoms with Gasteiger partial charge < -0.3 is 15.5 Å². The van der Waals surface area contributed by atoms with Gasteiger partial charge in [-0.05, 0) is 26.2 Å². The van der Waals surface area contributed by atoms with E-state index in [-0.39, 0.29) is 24.2 Å².